The fourth-order valence-electron chi connectivity index (χ4n) is 3.75. The summed E-state index contributed by atoms with van der Waals surface area (Å²) in [5.41, 5.74) is 8.63. The lowest BCUT2D eigenvalue weighted by atomic mass is 9.93. The molecular weight excluding hydrogens is 384 g/mol. The first-order valence-corrected chi connectivity index (χ1v) is 9.79. The van der Waals surface area contributed by atoms with E-state index >= 15 is 0 Å². The third-order valence-corrected chi connectivity index (χ3v) is 5.23. The van der Waals surface area contributed by atoms with Crippen molar-refractivity contribution in [2.24, 2.45) is 5.92 Å². The molecule has 2 aromatic heterocycles. The number of methoxy groups -OCH3 is 2. The van der Waals surface area contributed by atoms with E-state index < -0.39 is 0 Å². The van der Waals surface area contributed by atoms with Crippen LogP contribution >= 0.6 is 0 Å². The molecule has 2 N–H and O–H groups in total. The van der Waals surface area contributed by atoms with Crippen LogP contribution in [0.3, 0.4) is 0 Å². The highest BCUT2D eigenvalue weighted by Crippen LogP contribution is 2.34. The van der Waals surface area contributed by atoms with Gasteiger partial charge in [-0.1, -0.05) is 11.2 Å². The van der Waals surface area contributed by atoms with Gasteiger partial charge < -0.3 is 14.0 Å². The van der Waals surface area contributed by atoms with Crippen molar-refractivity contribution in [3.63, 3.8) is 0 Å². The normalized spacial score (nSPS) is 18.7. The first-order valence-electron chi connectivity index (χ1n) is 9.79. The van der Waals surface area contributed by atoms with E-state index in [0.717, 1.165) is 35.7 Å². The van der Waals surface area contributed by atoms with Crippen LogP contribution in [0.1, 0.15) is 17.5 Å². The van der Waals surface area contributed by atoms with Crippen LogP contribution in [0, 0.1) is 5.92 Å². The van der Waals surface area contributed by atoms with Crippen molar-refractivity contribution in [3.8, 4) is 22.9 Å². The van der Waals surface area contributed by atoms with Crippen molar-refractivity contribution in [1.82, 2.24) is 30.9 Å². The number of rotatable bonds is 8. The van der Waals surface area contributed by atoms with Gasteiger partial charge in [-0.2, -0.15) is 4.98 Å². The van der Waals surface area contributed by atoms with Crippen LogP contribution < -0.4 is 20.3 Å². The average Bonchev–Trinajstić information content (AvgIpc) is 3.43. The van der Waals surface area contributed by atoms with Crippen LogP contribution in [0.2, 0.25) is 0 Å². The second-order valence-electron chi connectivity index (χ2n) is 7.32. The van der Waals surface area contributed by atoms with Gasteiger partial charge >= 0.3 is 0 Å². The smallest absolute Gasteiger partial charge is 0.241 e. The van der Waals surface area contributed by atoms with Crippen LogP contribution in [0.4, 0.5) is 0 Å². The van der Waals surface area contributed by atoms with Crippen LogP contribution in [0.15, 0.2) is 47.2 Å². The van der Waals surface area contributed by atoms with Gasteiger partial charge in [-0.3, -0.25) is 15.3 Å². The van der Waals surface area contributed by atoms with E-state index in [2.05, 4.69) is 37.9 Å². The molecule has 0 amide bonds. The Hall–Kier alpha value is -3.01. The van der Waals surface area contributed by atoms with E-state index in [1.54, 1.807) is 26.6 Å². The van der Waals surface area contributed by atoms with Gasteiger partial charge in [0.1, 0.15) is 11.5 Å². The molecule has 0 spiro atoms. The highest BCUT2D eigenvalue weighted by molar-refractivity contribution is 5.52. The third kappa shape index (κ3) is 4.43. The number of nitrogens with one attached hydrogen (secondary N) is 2. The molecule has 1 aromatic carbocycles. The predicted octanol–water partition coefficient (Wildman–Crippen LogP) is 2.05. The van der Waals surface area contributed by atoms with Gasteiger partial charge in [0.25, 0.3) is 0 Å². The molecule has 0 saturated carbocycles. The second-order valence-corrected chi connectivity index (χ2v) is 7.32. The molecule has 1 fully saturated rings. The summed E-state index contributed by atoms with van der Waals surface area (Å²) in [6.45, 7) is 2.25. The van der Waals surface area contributed by atoms with Crippen molar-refractivity contribution in [2.75, 3.05) is 34.4 Å². The molecule has 1 saturated heterocycles. The van der Waals surface area contributed by atoms with E-state index in [0.29, 0.717) is 24.2 Å². The zero-order valence-electron chi connectivity index (χ0n) is 17.3. The van der Waals surface area contributed by atoms with E-state index in [-0.39, 0.29) is 6.04 Å². The SMILES string of the molecule is COc1ccc(C2NNCC2CN(C)Cc2nc(-c3ccncc3)no2)c(OC)c1. The topological polar surface area (TPSA) is 97.6 Å². The first-order chi connectivity index (χ1) is 14.7. The Bertz CT molecular complexity index is 964. The average molecular weight is 410 g/mol. The third-order valence-electron chi connectivity index (χ3n) is 5.23. The minimum absolute atomic E-state index is 0.114. The van der Waals surface area contributed by atoms with Crippen molar-refractivity contribution in [3.05, 3.63) is 54.2 Å². The molecule has 3 aromatic rings. The van der Waals surface area contributed by atoms with E-state index in [9.17, 15) is 0 Å². The second kappa shape index (κ2) is 9.21. The lowest BCUT2D eigenvalue weighted by Crippen LogP contribution is -2.30. The lowest BCUT2D eigenvalue weighted by Gasteiger charge is -2.25. The number of hydrazine groups is 1. The van der Waals surface area contributed by atoms with Crippen molar-refractivity contribution < 1.29 is 14.0 Å². The number of hydrogen-bond acceptors (Lipinski definition) is 9. The number of hydrogen-bond donors (Lipinski definition) is 2. The van der Waals surface area contributed by atoms with Crippen LogP contribution in [0.25, 0.3) is 11.4 Å². The standard InChI is InChI=1S/C21H26N6O3/c1-27(13-19-24-21(26-30-19)14-6-8-22-9-7-14)12-15-11-23-25-20(15)17-5-4-16(28-2)10-18(17)29-3/h4-10,15,20,23,25H,11-13H2,1-3H3. The van der Waals surface area contributed by atoms with E-state index in [1.165, 1.54) is 0 Å². The quantitative estimate of drug-likeness (QED) is 0.578. The van der Waals surface area contributed by atoms with Gasteiger partial charge in [0, 0.05) is 48.6 Å². The number of benzene rings is 1. The maximum atomic E-state index is 5.59. The molecule has 9 heteroatoms. The Morgan fingerprint density at radius 1 is 1.17 bits per heavy atom. The molecule has 1 aliphatic heterocycles. The highest BCUT2D eigenvalue weighted by atomic mass is 16.5. The molecule has 3 heterocycles. The van der Waals surface area contributed by atoms with Crippen LogP contribution in [-0.2, 0) is 6.54 Å². The molecule has 2 unspecified atom stereocenters. The van der Waals surface area contributed by atoms with Gasteiger partial charge in [-0.25, -0.2) is 5.43 Å². The van der Waals surface area contributed by atoms with Gasteiger partial charge in [0.15, 0.2) is 0 Å². The van der Waals surface area contributed by atoms with Gasteiger partial charge in [0.05, 0.1) is 26.8 Å². The van der Waals surface area contributed by atoms with Gasteiger partial charge in [-0.05, 0) is 25.2 Å². The molecule has 9 nitrogen and oxygen atoms in total. The summed E-state index contributed by atoms with van der Waals surface area (Å²) < 4.78 is 16.3. The summed E-state index contributed by atoms with van der Waals surface area (Å²) in [6.07, 6.45) is 3.43. The maximum Gasteiger partial charge on any atom is 0.241 e. The molecule has 0 radical (unpaired) electrons. The molecule has 158 valence electrons. The Balaban J connectivity index is 1.42. The number of pyridine rings is 1. The van der Waals surface area contributed by atoms with Gasteiger partial charge in [0.2, 0.25) is 11.7 Å². The van der Waals surface area contributed by atoms with Crippen LogP contribution in [-0.4, -0.2) is 54.4 Å². The molecule has 1 aliphatic rings. The van der Waals surface area contributed by atoms with Crippen molar-refractivity contribution in [1.29, 1.82) is 0 Å². The highest BCUT2D eigenvalue weighted by Gasteiger charge is 2.31. The Kier molecular flexibility index (Phi) is 6.22. The molecular formula is C21H26N6O3. The molecule has 0 aliphatic carbocycles. The van der Waals surface area contributed by atoms with E-state index in [1.807, 2.05) is 30.3 Å². The molecule has 4 rings (SSSR count). The molecule has 0 bridgehead atoms. The predicted molar refractivity (Wildman–Crippen MR) is 111 cm³/mol. The van der Waals surface area contributed by atoms with E-state index in [4.69, 9.17) is 14.0 Å². The Labute approximate surface area is 175 Å². The van der Waals surface area contributed by atoms with Crippen molar-refractivity contribution >= 4 is 0 Å². The Morgan fingerprint density at radius 3 is 2.77 bits per heavy atom. The molecule has 2 atom stereocenters. The summed E-state index contributed by atoms with van der Waals surface area (Å²) >= 11 is 0. The summed E-state index contributed by atoms with van der Waals surface area (Å²) in [5.74, 6) is 3.08. The zero-order chi connectivity index (χ0) is 20.9. The fraction of sp³-hybridized carbons (Fsp3) is 0.381. The van der Waals surface area contributed by atoms with Crippen molar-refractivity contribution in [2.45, 2.75) is 12.6 Å². The summed E-state index contributed by atoms with van der Waals surface area (Å²) in [4.78, 5) is 10.7. The number of ether oxygens (including phenoxy) is 2. The largest absolute Gasteiger partial charge is 0.497 e. The Morgan fingerprint density at radius 2 is 2.00 bits per heavy atom. The minimum atomic E-state index is 0.114. The molecule has 30 heavy (non-hydrogen) atoms. The lowest BCUT2D eigenvalue weighted by molar-refractivity contribution is 0.228. The monoisotopic (exact) mass is 410 g/mol. The summed E-state index contributed by atoms with van der Waals surface area (Å²) in [7, 11) is 5.38. The number of nitrogens with zero attached hydrogens (tertiary/aromatic N) is 4. The maximum absolute atomic E-state index is 5.59. The minimum Gasteiger partial charge on any atom is -0.497 e. The fourth-order valence-corrected chi connectivity index (χ4v) is 3.75. The summed E-state index contributed by atoms with van der Waals surface area (Å²) in [5, 5.41) is 4.08. The van der Waals surface area contributed by atoms with Gasteiger partial charge in [-0.15, -0.1) is 0 Å². The number of aromatic nitrogens is 3. The first kappa shape index (κ1) is 20.3. The summed E-state index contributed by atoms with van der Waals surface area (Å²) in [6, 6.07) is 9.76. The van der Waals surface area contributed by atoms with Crippen LogP contribution in [0.5, 0.6) is 11.5 Å². The zero-order valence-corrected chi connectivity index (χ0v) is 17.3.